The summed E-state index contributed by atoms with van der Waals surface area (Å²) in [6, 6.07) is 12.4. The van der Waals surface area contributed by atoms with Gasteiger partial charge in [0.15, 0.2) is 5.78 Å². The molecule has 0 fully saturated rings. The second kappa shape index (κ2) is 4.27. The van der Waals surface area contributed by atoms with Gasteiger partial charge in [-0.2, -0.15) is 0 Å². The fourth-order valence-electron chi connectivity index (χ4n) is 2.18. The molecule has 0 saturated carbocycles. The number of rotatable bonds is 1. The highest BCUT2D eigenvalue weighted by Crippen LogP contribution is 2.36. The third kappa shape index (κ3) is 1.60. The van der Waals surface area contributed by atoms with Crippen molar-refractivity contribution >= 4 is 24.1 Å². The van der Waals surface area contributed by atoms with E-state index in [0.29, 0.717) is 16.7 Å². The lowest BCUT2D eigenvalue weighted by atomic mass is 10.0. The van der Waals surface area contributed by atoms with Gasteiger partial charge in [0.2, 0.25) is 5.91 Å². The quantitative estimate of drug-likeness (QED) is 0.730. The molecule has 0 saturated heterocycles. The van der Waals surface area contributed by atoms with Crippen molar-refractivity contribution in [3.8, 4) is 11.1 Å². The number of primary amides is 1. The van der Waals surface area contributed by atoms with Gasteiger partial charge in [0.25, 0.3) is 0 Å². The van der Waals surface area contributed by atoms with E-state index in [2.05, 4.69) is 0 Å². The van der Waals surface area contributed by atoms with Gasteiger partial charge >= 0.3 is 0 Å². The minimum atomic E-state index is -0.517. The van der Waals surface area contributed by atoms with E-state index < -0.39 is 5.91 Å². The van der Waals surface area contributed by atoms with Gasteiger partial charge in [-0.05, 0) is 23.3 Å². The van der Waals surface area contributed by atoms with Crippen LogP contribution in [0.5, 0.6) is 0 Å². The van der Waals surface area contributed by atoms with E-state index in [-0.39, 0.29) is 18.2 Å². The molecule has 3 rings (SSSR count). The minimum absolute atomic E-state index is 0. The number of ketones is 1. The molecule has 0 aliphatic heterocycles. The molecular formula is C14H10ClNO2. The van der Waals surface area contributed by atoms with Crippen molar-refractivity contribution in [2.75, 3.05) is 0 Å². The van der Waals surface area contributed by atoms with Crippen molar-refractivity contribution in [1.82, 2.24) is 0 Å². The summed E-state index contributed by atoms with van der Waals surface area (Å²) in [5.41, 5.74) is 8.61. The Morgan fingerprint density at radius 1 is 0.889 bits per heavy atom. The molecule has 3 nitrogen and oxygen atoms in total. The maximum Gasteiger partial charge on any atom is 0.248 e. The van der Waals surface area contributed by atoms with Crippen molar-refractivity contribution in [2.45, 2.75) is 0 Å². The molecule has 90 valence electrons. The lowest BCUT2D eigenvalue weighted by Gasteiger charge is -2.00. The third-order valence-corrected chi connectivity index (χ3v) is 3.01. The van der Waals surface area contributed by atoms with Gasteiger partial charge in [-0.15, -0.1) is 12.4 Å². The number of amides is 1. The van der Waals surface area contributed by atoms with E-state index in [1.54, 1.807) is 24.3 Å². The van der Waals surface area contributed by atoms with E-state index >= 15 is 0 Å². The number of carbonyl (C=O) groups is 2. The van der Waals surface area contributed by atoms with Crippen LogP contribution in [-0.2, 0) is 0 Å². The Bertz CT molecular complexity index is 665. The largest absolute Gasteiger partial charge is 0.366 e. The van der Waals surface area contributed by atoms with Crippen LogP contribution in [0.2, 0.25) is 0 Å². The fraction of sp³-hybridized carbons (Fsp3) is 0. The molecular weight excluding hydrogens is 250 g/mol. The zero-order valence-electron chi connectivity index (χ0n) is 9.34. The first kappa shape index (κ1) is 12.3. The van der Waals surface area contributed by atoms with Gasteiger partial charge < -0.3 is 5.73 Å². The van der Waals surface area contributed by atoms with Crippen molar-refractivity contribution in [1.29, 1.82) is 0 Å². The average Bonchev–Trinajstić information content (AvgIpc) is 2.64. The van der Waals surface area contributed by atoms with Crippen LogP contribution in [0.25, 0.3) is 11.1 Å². The van der Waals surface area contributed by atoms with E-state index in [9.17, 15) is 9.59 Å². The highest BCUT2D eigenvalue weighted by molar-refractivity contribution is 6.22. The van der Waals surface area contributed by atoms with Gasteiger partial charge in [0.05, 0.1) is 0 Å². The Morgan fingerprint density at radius 2 is 1.50 bits per heavy atom. The molecule has 1 aliphatic carbocycles. The summed E-state index contributed by atoms with van der Waals surface area (Å²) >= 11 is 0. The number of carbonyl (C=O) groups excluding carboxylic acids is 2. The Labute approximate surface area is 110 Å². The summed E-state index contributed by atoms with van der Waals surface area (Å²) in [4.78, 5) is 23.2. The Kier molecular flexibility index (Phi) is 2.93. The zero-order valence-corrected chi connectivity index (χ0v) is 10.2. The second-order valence-corrected chi connectivity index (χ2v) is 4.00. The predicted octanol–water partition coefficient (Wildman–Crippen LogP) is 2.42. The number of hydrogen-bond donors (Lipinski definition) is 1. The van der Waals surface area contributed by atoms with Crippen LogP contribution in [0.3, 0.4) is 0 Å². The number of benzene rings is 2. The van der Waals surface area contributed by atoms with Crippen LogP contribution >= 0.6 is 12.4 Å². The SMILES string of the molecule is Cl.NC(=O)c1ccc2c(c1)C(=O)c1ccccc1-2. The van der Waals surface area contributed by atoms with Crippen molar-refractivity contribution in [2.24, 2.45) is 5.73 Å². The van der Waals surface area contributed by atoms with Gasteiger partial charge in [-0.25, -0.2) is 0 Å². The highest BCUT2D eigenvalue weighted by Gasteiger charge is 2.26. The maximum atomic E-state index is 12.1. The van der Waals surface area contributed by atoms with E-state index in [4.69, 9.17) is 5.73 Å². The number of nitrogens with two attached hydrogens (primary N) is 1. The van der Waals surface area contributed by atoms with Crippen LogP contribution in [0.4, 0.5) is 0 Å². The van der Waals surface area contributed by atoms with Crippen LogP contribution < -0.4 is 5.73 Å². The molecule has 0 heterocycles. The summed E-state index contributed by atoms with van der Waals surface area (Å²) in [7, 11) is 0. The fourth-order valence-corrected chi connectivity index (χ4v) is 2.18. The molecule has 0 bridgehead atoms. The standard InChI is InChI=1S/C14H9NO2.ClH/c15-14(17)8-5-6-10-9-3-1-2-4-11(9)13(16)12(10)7-8;/h1-7H,(H2,15,17);1H. The highest BCUT2D eigenvalue weighted by atomic mass is 35.5. The summed E-state index contributed by atoms with van der Waals surface area (Å²) in [6.45, 7) is 0. The van der Waals surface area contributed by atoms with Crippen LogP contribution in [0.15, 0.2) is 42.5 Å². The molecule has 1 amide bonds. The lowest BCUT2D eigenvalue weighted by molar-refractivity contribution is 0.1000. The topological polar surface area (TPSA) is 60.2 Å². The minimum Gasteiger partial charge on any atom is -0.366 e. The summed E-state index contributed by atoms with van der Waals surface area (Å²) < 4.78 is 0. The molecule has 4 heteroatoms. The van der Waals surface area contributed by atoms with Crippen LogP contribution in [0, 0.1) is 0 Å². The molecule has 0 spiro atoms. The Hall–Kier alpha value is -2.13. The maximum absolute atomic E-state index is 12.1. The molecule has 0 aromatic heterocycles. The van der Waals surface area contributed by atoms with E-state index in [1.165, 1.54) is 0 Å². The average molecular weight is 260 g/mol. The molecule has 2 aromatic rings. The summed E-state index contributed by atoms with van der Waals surface area (Å²) in [5.74, 6) is -0.560. The van der Waals surface area contributed by atoms with Gasteiger partial charge in [0.1, 0.15) is 0 Å². The summed E-state index contributed by atoms with van der Waals surface area (Å²) in [5, 5.41) is 0. The molecule has 0 unspecified atom stereocenters. The lowest BCUT2D eigenvalue weighted by Crippen LogP contribution is -2.11. The third-order valence-electron chi connectivity index (χ3n) is 3.01. The van der Waals surface area contributed by atoms with Crippen LogP contribution in [-0.4, -0.2) is 11.7 Å². The first-order valence-corrected chi connectivity index (χ1v) is 5.26. The molecule has 2 N–H and O–H groups in total. The molecule has 2 aromatic carbocycles. The normalized spacial score (nSPS) is 11.4. The van der Waals surface area contributed by atoms with Crippen LogP contribution in [0.1, 0.15) is 26.3 Å². The van der Waals surface area contributed by atoms with Gasteiger partial charge in [0, 0.05) is 16.7 Å². The second-order valence-electron chi connectivity index (χ2n) is 4.00. The monoisotopic (exact) mass is 259 g/mol. The molecule has 18 heavy (non-hydrogen) atoms. The van der Waals surface area contributed by atoms with E-state index in [1.807, 2.05) is 18.2 Å². The van der Waals surface area contributed by atoms with E-state index in [0.717, 1.165) is 11.1 Å². The zero-order chi connectivity index (χ0) is 12.0. The van der Waals surface area contributed by atoms with Crippen molar-refractivity contribution in [3.63, 3.8) is 0 Å². The molecule has 0 atom stereocenters. The molecule has 0 radical (unpaired) electrons. The summed E-state index contributed by atoms with van der Waals surface area (Å²) in [6.07, 6.45) is 0. The van der Waals surface area contributed by atoms with Crippen molar-refractivity contribution < 1.29 is 9.59 Å². The number of hydrogen-bond acceptors (Lipinski definition) is 2. The van der Waals surface area contributed by atoms with Gasteiger partial charge in [-0.1, -0.05) is 30.3 Å². The first-order valence-electron chi connectivity index (χ1n) is 5.26. The smallest absolute Gasteiger partial charge is 0.248 e. The van der Waals surface area contributed by atoms with Gasteiger partial charge in [-0.3, -0.25) is 9.59 Å². The van der Waals surface area contributed by atoms with Crippen molar-refractivity contribution in [3.05, 3.63) is 59.2 Å². The Morgan fingerprint density at radius 3 is 2.17 bits per heavy atom. The number of fused-ring (bicyclic) bond motifs is 3. The number of halogens is 1. The molecule has 1 aliphatic rings. The first-order chi connectivity index (χ1) is 8.18. The Balaban J connectivity index is 0.00000120. The predicted molar refractivity (Wildman–Crippen MR) is 71.1 cm³/mol.